The Morgan fingerprint density at radius 1 is 1.44 bits per heavy atom. The highest BCUT2D eigenvalue weighted by Crippen LogP contribution is 2.30. The Kier molecular flexibility index (Phi) is 4.57. The van der Waals surface area contributed by atoms with Crippen LogP contribution in [0.15, 0.2) is 18.5 Å². The van der Waals surface area contributed by atoms with Gasteiger partial charge in [0.2, 0.25) is 5.91 Å². The number of carbonyl (C=O) groups is 1. The Labute approximate surface area is 143 Å². The number of nitrogens with zero attached hydrogens (tertiary/aromatic N) is 5. The second-order valence-electron chi connectivity index (χ2n) is 6.53. The van der Waals surface area contributed by atoms with Gasteiger partial charge in [0.1, 0.15) is 5.82 Å². The number of halogens is 3. The largest absolute Gasteiger partial charge is 0.434 e. The van der Waals surface area contributed by atoms with Crippen molar-refractivity contribution in [3.63, 3.8) is 0 Å². The molecule has 136 valence electrons. The summed E-state index contributed by atoms with van der Waals surface area (Å²) in [7, 11) is 3.51. The molecule has 6 nitrogen and oxygen atoms in total. The van der Waals surface area contributed by atoms with Crippen LogP contribution in [-0.4, -0.2) is 43.7 Å². The fourth-order valence-corrected chi connectivity index (χ4v) is 3.14. The minimum atomic E-state index is -4.42. The molecule has 2 aromatic rings. The number of aromatic nitrogens is 4. The van der Waals surface area contributed by atoms with Crippen LogP contribution in [-0.2, 0) is 37.4 Å². The van der Waals surface area contributed by atoms with E-state index >= 15 is 0 Å². The van der Waals surface area contributed by atoms with Gasteiger partial charge in [-0.05, 0) is 18.4 Å². The average molecular weight is 355 g/mol. The van der Waals surface area contributed by atoms with Gasteiger partial charge in [-0.1, -0.05) is 0 Å². The predicted molar refractivity (Wildman–Crippen MR) is 83.6 cm³/mol. The Morgan fingerprint density at radius 2 is 2.20 bits per heavy atom. The molecule has 0 bridgehead atoms. The first kappa shape index (κ1) is 17.5. The molecule has 0 saturated heterocycles. The van der Waals surface area contributed by atoms with Crippen LogP contribution in [0.5, 0.6) is 0 Å². The zero-order valence-electron chi connectivity index (χ0n) is 14.1. The van der Waals surface area contributed by atoms with Crippen molar-refractivity contribution in [1.29, 1.82) is 0 Å². The predicted octanol–water partition coefficient (Wildman–Crippen LogP) is 1.90. The maximum atomic E-state index is 12.8. The number of aryl methyl sites for hydroxylation is 2. The SMILES string of the molecule is CN(CC1CCc2nc(C(F)(F)F)cn2C1)C(=O)Cc1ccn(C)n1. The molecule has 1 unspecified atom stereocenters. The number of fused-ring (bicyclic) bond motifs is 1. The van der Waals surface area contributed by atoms with Crippen LogP contribution in [0.2, 0.25) is 0 Å². The van der Waals surface area contributed by atoms with Crippen LogP contribution in [0.25, 0.3) is 0 Å². The third-order valence-electron chi connectivity index (χ3n) is 4.44. The first-order chi connectivity index (χ1) is 11.7. The lowest BCUT2D eigenvalue weighted by Gasteiger charge is -2.28. The molecule has 1 atom stereocenters. The summed E-state index contributed by atoms with van der Waals surface area (Å²) in [6.07, 6.45) is -0.147. The van der Waals surface area contributed by atoms with Crippen molar-refractivity contribution in [2.45, 2.75) is 32.0 Å². The highest BCUT2D eigenvalue weighted by atomic mass is 19.4. The van der Waals surface area contributed by atoms with Crippen molar-refractivity contribution in [2.75, 3.05) is 13.6 Å². The molecule has 0 spiro atoms. The van der Waals surface area contributed by atoms with Crippen LogP contribution in [0.4, 0.5) is 13.2 Å². The second-order valence-corrected chi connectivity index (χ2v) is 6.53. The van der Waals surface area contributed by atoms with Gasteiger partial charge in [0.05, 0.1) is 12.1 Å². The minimum Gasteiger partial charge on any atom is -0.345 e. The van der Waals surface area contributed by atoms with E-state index in [9.17, 15) is 18.0 Å². The summed E-state index contributed by atoms with van der Waals surface area (Å²) in [5.41, 5.74) is -0.141. The van der Waals surface area contributed by atoms with Crippen molar-refractivity contribution in [3.05, 3.63) is 35.7 Å². The van der Waals surface area contributed by atoms with Crippen LogP contribution in [0, 0.1) is 5.92 Å². The van der Waals surface area contributed by atoms with Gasteiger partial charge in [0.25, 0.3) is 0 Å². The number of hydrogen-bond acceptors (Lipinski definition) is 3. The summed E-state index contributed by atoms with van der Waals surface area (Å²) in [6, 6.07) is 1.79. The number of carbonyl (C=O) groups excluding carboxylic acids is 1. The van der Waals surface area contributed by atoms with E-state index in [1.807, 2.05) is 0 Å². The van der Waals surface area contributed by atoms with Gasteiger partial charge in [0.15, 0.2) is 5.69 Å². The average Bonchev–Trinajstić information content (AvgIpc) is 3.12. The Morgan fingerprint density at radius 3 is 2.84 bits per heavy atom. The highest BCUT2D eigenvalue weighted by molar-refractivity contribution is 5.78. The molecule has 0 saturated carbocycles. The molecule has 1 amide bonds. The summed E-state index contributed by atoms with van der Waals surface area (Å²) < 4.78 is 41.5. The maximum Gasteiger partial charge on any atom is 0.434 e. The van der Waals surface area contributed by atoms with Crippen molar-refractivity contribution in [1.82, 2.24) is 24.2 Å². The molecule has 1 aliphatic heterocycles. The summed E-state index contributed by atoms with van der Waals surface area (Å²) in [5.74, 6) is 0.526. The van der Waals surface area contributed by atoms with Crippen molar-refractivity contribution >= 4 is 5.91 Å². The summed E-state index contributed by atoms with van der Waals surface area (Å²) in [4.78, 5) is 17.6. The van der Waals surface area contributed by atoms with E-state index in [0.717, 1.165) is 12.6 Å². The van der Waals surface area contributed by atoms with E-state index < -0.39 is 11.9 Å². The number of amides is 1. The lowest BCUT2D eigenvalue weighted by Crippen LogP contribution is -2.36. The van der Waals surface area contributed by atoms with Crippen LogP contribution in [0.3, 0.4) is 0 Å². The summed E-state index contributed by atoms with van der Waals surface area (Å²) in [6.45, 7) is 0.949. The van der Waals surface area contributed by atoms with E-state index in [1.54, 1.807) is 40.5 Å². The lowest BCUT2D eigenvalue weighted by molar-refractivity contribution is -0.141. The molecule has 3 rings (SSSR count). The minimum absolute atomic E-state index is 0.0499. The molecule has 25 heavy (non-hydrogen) atoms. The topological polar surface area (TPSA) is 56.0 Å². The fourth-order valence-electron chi connectivity index (χ4n) is 3.14. The number of imidazole rings is 1. The van der Waals surface area contributed by atoms with E-state index in [4.69, 9.17) is 0 Å². The van der Waals surface area contributed by atoms with Gasteiger partial charge in [-0.3, -0.25) is 9.48 Å². The summed E-state index contributed by atoms with van der Waals surface area (Å²) in [5, 5.41) is 4.19. The molecular formula is C16H20F3N5O. The molecule has 1 aliphatic rings. The normalized spacial score (nSPS) is 17.4. The molecule has 0 aromatic carbocycles. The van der Waals surface area contributed by atoms with Gasteiger partial charge in [-0.15, -0.1) is 0 Å². The monoisotopic (exact) mass is 355 g/mol. The maximum absolute atomic E-state index is 12.8. The van der Waals surface area contributed by atoms with Crippen LogP contribution >= 0.6 is 0 Å². The first-order valence-electron chi connectivity index (χ1n) is 8.08. The summed E-state index contributed by atoms with van der Waals surface area (Å²) >= 11 is 0. The molecule has 0 N–H and O–H groups in total. The Hall–Kier alpha value is -2.32. The first-order valence-corrected chi connectivity index (χ1v) is 8.08. The third-order valence-corrected chi connectivity index (χ3v) is 4.44. The Balaban J connectivity index is 1.58. The van der Waals surface area contributed by atoms with Gasteiger partial charge in [0, 0.05) is 46.0 Å². The molecule has 0 radical (unpaired) electrons. The highest BCUT2D eigenvalue weighted by Gasteiger charge is 2.36. The Bertz CT molecular complexity index is 764. The van der Waals surface area contributed by atoms with E-state index in [2.05, 4.69) is 10.1 Å². The quantitative estimate of drug-likeness (QED) is 0.842. The van der Waals surface area contributed by atoms with Crippen molar-refractivity contribution < 1.29 is 18.0 Å². The van der Waals surface area contributed by atoms with E-state index in [0.29, 0.717) is 31.0 Å². The van der Waals surface area contributed by atoms with Crippen molar-refractivity contribution in [2.24, 2.45) is 13.0 Å². The van der Waals surface area contributed by atoms with Gasteiger partial charge in [-0.25, -0.2) is 4.98 Å². The molecule has 0 fully saturated rings. The smallest absolute Gasteiger partial charge is 0.345 e. The molecule has 0 aliphatic carbocycles. The van der Waals surface area contributed by atoms with E-state index in [1.165, 1.54) is 0 Å². The molecular weight excluding hydrogens is 335 g/mol. The number of hydrogen-bond donors (Lipinski definition) is 0. The van der Waals surface area contributed by atoms with Crippen LogP contribution in [0.1, 0.15) is 23.6 Å². The molecule has 2 aromatic heterocycles. The third kappa shape index (κ3) is 4.02. The lowest BCUT2D eigenvalue weighted by atomic mass is 9.99. The van der Waals surface area contributed by atoms with Gasteiger partial charge in [-0.2, -0.15) is 18.3 Å². The zero-order valence-corrected chi connectivity index (χ0v) is 14.1. The van der Waals surface area contributed by atoms with Gasteiger partial charge < -0.3 is 9.47 Å². The zero-order chi connectivity index (χ0) is 18.2. The standard InChI is InChI=1S/C16H20F3N5O/c1-22(15(25)7-12-5-6-23(2)21-12)8-11-3-4-14-20-13(16(17,18)19)10-24(14)9-11/h5-6,10-11H,3-4,7-9H2,1-2H3. The van der Waals surface area contributed by atoms with Gasteiger partial charge >= 0.3 is 6.18 Å². The van der Waals surface area contributed by atoms with Crippen molar-refractivity contribution in [3.8, 4) is 0 Å². The molecule has 3 heterocycles. The number of rotatable bonds is 4. The molecule has 9 heteroatoms. The van der Waals surface area contributed by atoms with Crippen LogP contribution < -0.4 is 0 Å². The number of alkyl halides is 3. The van der Waals surface area contributed by atoms with E-state index in [-0.39, 0.29) is 18.2 Å². The number of likely N-dealkylation sites (N-methyl/N-ethyl adjacent to an activating group) is 1. The fraction of sp³-hybridized carbons (Fsp3) is 0.562. The second kappa shape index (κ2) is 6.53.